The fraction of sp³-hybridized carbons (Fsp3) is 0.133. The monoisotopic (exact) mass is 351 g/mol. The molecule has 0 aromatic heterocycles. The van der Waals surface area contributed by atoms with E-state index in [2.05, 4.69) is 0 Å². The molecule has 2 aromatic rings. The molecule has 6 nitrogen and oxygen atoms in total. The lowest BCUT2D eigenvalue weighted by atomic mass is 10.0. The first-order valence-electron chi connectivity index (χ1n) is 6.69. The first kappa shape index (κ1) is 15.7. The Kier molecular flexibility index (Phi) is 3.53. The number of nitrogens with two attached hydrogens (primary N) is 1. The van der Waals surface area contributed by atoms with E-state index in [0.29, 0.717) is 0 Å². The summed E-state index contributed by atoms with van der Waals surface area (Å²) < 4.78 is 50.3. The molecule has 1 unspecified atom stereocenters. The molecule has 0 saturated carbocycles. The molecule has 2 N–H and O–H groups in total. The summed E-state index contributed by atoms with van der Waals surface area (Å²) in [5.74, 6) is -1.45. The van der Waals surface area contributed by atoms with E-state index in [1.54, 1.807) is 18.2 Å². The molecule has 0 saturated heterocycles. The van der Waals surface area contributed by atoms with Crippen molar-refractivity contribution in [2.45, 2.75) is 15.0 Å². The summed E-state index contributed by atoms with van der Waals surface area (Å²) in [4.78, 5) is 11.5. The van der Waals surface area contributed by atoms with Gasteiger partial charge in [-0.25, -0.2) is 16.8 Å². The van der Waals surface area contributed by atoms with Crippen LogP contribution in [-0.2, 0) is 19.7 Å². The second-order valence-electron chi connectivity index (χ2n) is 5.21. The van der Waals surface area contributed by atoms with Gasteiger partial charge in [-0.2, -0.15) is 0 Å². The van der Waals surface area contributed by atoms with Gasteiger partial charge in [0, 0.05) is 11.1 Å². The van der Waals surface area contributed by atoms with Gasteiger partial charge < -0.3 is 5.73 Å². The standard InChI is InChI=1S/C15H13NO5S2/c16-15(17)11-7-4-8-12-14(11)13(9-22(12,18)19)23(20,21)10-5-2-1-3-6-10/h1-8,13H,9H2,(H2,16,17). The third kappa shape index (κ3) is 2.43. The van der Waals surface area contributed by atoms with E-state index in [1.807, 2.05) is 0 Å². The second-order valence-corrected chi connectivity index (χ2v) is 9.34. The molecule has 1 aliphatic rings. The van der Waals surface area contributed by atoms with Crippen LogP contribution in [0, 0.1) is 0 Å². The zero-order valence-corrected chi connectivity index (χ0v) is 13.5. The summed E-state index contributed by atoms with van der Waals surface area (Å²) in [6.07, 6.45) is 0. The van der Waals surface area contributed by atoms with Crippen LogP contribution in [0.15, 0.2) is 58.3 Å². The molecule has 0 bridgehead atoms. The van der Waals surface area contributed by atoms with Gasteiger partial charge in [-0.15, -0.1) is 0 Å². The maximum atomic E-state index is 12.8. The molecule has 120 valence electrons. The minimum absolute atomic E-state index is 0.00678. The average Bonchev–Trinajstić information content (AvgIpc) is 2.80. The number of rotatable bonds is 3. The molecule has 1 atom stereocenters. The highest BCUT2D eigenvalue weighted by Gasteiger charge is 2.44. The van der Waals surface area contributed by atoms with Crippen LogP contribution < -0.4 is 5.73 Å². The number of hydrogen-bond donors (Lipinski definition) is 1. The molecule has 1 heterocycles. The van der Waals surface area contributed by atoms with Crippen LogP contribution in [0.3, 0.4) is 0 Å². The molecule has 1 amide bonds. The van der Waals surface area contributed by atoms with Crippen LogP contribution in [0.1, 0.15) is 21.2 Å². The fourth-order valence-electron chi connectivity index (χ4n) is 2.75. The minimum Gasteiger partial charge on any atom is -0.366 e. The van der Waals surface area contributed by atoms with Crippen LogP contribution >= 0.6 is 0 Å². The van der Waals surface area contributed by atoms with Gasteiger partial charge in [-0.3, -0.25) is 4.79 Å². The Hall–Kier alpha value is -2.19. The number of carbonyl (C=O) groups is 1. The summed E-state index contributed by atoms with van der Waals surface area (Å²) in [5, 5.41) is -1.34. The Morgan fingerprint density at radius 2 is 1.70 bits per heavy atom. The van der Waals surface area contributed by atoms with Crippen molar-refractivity contribution in [3.05, 3.63) is 59.7 Å². The summed E-state index contributed by atoms with van der Waals surface area (Å²) >= 11 is 0. The van der Waals surface area contributed by atoms with Crippen molar-refractivity contribution in [2.24, 2.45) is 5.73 Å². The predicted molar refractivity (Wildman–Crippen MR) is 83.4 cm³/mol. The molecule has 0 radical (unpaired) electrons. The smallest absolute Gasteiger partial charge is 0.249 e. The normalized spacial score (nSPS) is 19.2. The third-order valence-corrected chi connectivity index (χ3v) is 7.90. The number of sulfone groups is 2. The Balaban J connectivity index is 2.29. The summed E-state index contributed by atoms with van der Waals surface area (Å²) in [6, 6.07) is 11.6. The van der Waals surface area contributed by atoms with Crippen LogP contribution in [0.5, 0.6) is 0 Å². The Bertz CT molecular complexity index is 995. The Morgan fingerprint density at radius 3 is 2.30 bits per heavy atom. The highest BCUT2D eigenvalue weighted by molar-refractivity contribution is 7.96. The maximum Gasteiger partial charge on any atom is 0.249 e. The van der Waals surface area contributed by atoms with E-state index in [0.717, 1.165) is 0 Å². The molecular formula is C15H13NO5S2. The predicted octanol–water partition coefficient (Wildman–Crippen LogP) is 1.09. The van der Waals surface area contributed by atoms with E-state index in [-0.39, 0.29) is 20.9 Å². The van der Waals surface area contributed by atoms with Crippen molar-refractivity contribution in [1.29, 1.82) is 0 Å². The van der Waals surface area contributed by atoms with E-state index in [4.69, 9.17) is 5.73 Å². The fourth-order valence-corrected chi connectivity index (χ4v) is 7.13. The number of primary amides is 1. The minimum atomic E-state index is -3.97. The lowest BCUT2D eigenvalue weighted by Gasteiger charge is -2.14. The van der Waals surface area contributed by atoms with Crippen molar-refractivity contribution in [2.75, 3.05) is 5.75 Å². The topological polar surface area (TPSA) is 111 Å². The quantitative estimate of drug-likeness (QED) is 0.889. The maximum absolute atomic E-state index is 12.8. The van der Waals surface area contributed by atoms with Crippen LogP contribution in [0.4, 0.5) is 0 Å². The van der Waals surface area contributed by atoms with Gasteiger partial charge in [0.1, 0.15) is 5.25 Å². The third-order valence-electron chi connectivity index (χ3n) is 3.81. The molecule has 0 aliphatic carbocycles. The second kappa shape index (κ2) is 5.17. The Labute approximate surface area is 133 Å². The zero-order chi connectivity index (χ0) is 16.8. The Morgan fingerprint density at radius 1 is 1.04 bits per heavy atom. The van der Waals surface area contributed by atoms with Crippen LogP contribution in [-0.4, -0.2) is 28.5 Å². The summed E-state index contributed by atoms with van der Waals surface area (Å²) in [5.41, 5.74) is 5.19. The van der Waals surface area contributed by atoms with Crippen LogP contribution in [0.25, 0.3) is 0 Å². The van der Waals surface area contributed by atoms with Crippen molar-refractivity contribution < 1.29 is 21.6 Å². The molecule has 8 heteroatoms. The lowest BCUT2D eigenvalue weighted by Crippen LogP contribution is -2.20. The largest absolute Gasteiger partial charge is 0.366 e. The van der Waals surface area contributed by atoms with E-state index >= 15 is 0 Å². The number of carbonyl (C=O) groups excluding carboxylic acids is 1. The molecule has 0 spiro atoms. The van der Waals surface area contributed by atoms with Gasteiger partial charge in [0.05, 0.1) is 15.5 Å². The molecular weight excluding hydrogens is 338 g/mol. The van der Waals surface area contributed by atoms with Gasteiger partial charge in [-0.1, -0.05) is 24.3 Å². The number of benzene rings is 2. The number of fused-ring (bicyclic) bond motifs is 1. The summed E-state index contributed by atoms with van der Waals surface area (Å²) in [7, 11) is -7.75. The first-order valence-corrected chi connectivity index (χ1v) is 9.89. The molecule has 3 rings (SSSR count). The van der Waals surface area contributed by atoms with Crippen molar-refractivity contribution in [3.63, 3.8) is 0 Å². The van der Waals surface area contributed by atoms with Gasteiger partial charge >= 0.3 is 0 Å². The van der Waals surface area contributed by atoms with Crippen molar-refractivity contribution >= 4 is 25.6 Å². The van der Waals surface area contributed by atoms with E-state index in [9.17, 15) is 21.6 Å². The zero-order valence-electron chi connectivity index (χ0n) is 11.8. The van der Waals surface area contributed by atoms with Crippen molar-refractivity contribution in [3.8, 4) is 0 Å². The first-order chi connectivity index (χ1) is 10.7. The van der Waals surface area contributed by atoms with Crippen LogP contribution in [0.2, 0.25) is 0 Å². The van der Waals surface area contributed by atoms with Gasteiger partial charge in [0.15, 0.2) is 19.7 Å². The van der Waals surface area contributed by atoms with Gasteiger partial charge in [0.25, 0.3) is 0 Å². The molecule has 23 heavy (non-hydrogen) atoms. The van der Waals surface area contributed by atoms with Gasteiger partial charge in [0.2, 0.25) is 5.91 Å². The van der Waals surface area contributed by atoms with Gasteiger partial charge in [-0.05, 0) is 24.3 Å². The SMILES string of the molecule is NC(=O)c1cccc2c1C(S(=O)(=O)c1ccccc1)CS2(=O)=O. The average molecular weight is 351 g/mol. The molecule has 2 aromatic carbocycles. The highest BCUT2D eigenvalue weighted by atomic mass is 32.2. The molecule has 1 aliphatic heterocycles. The number of hydrogen-bond acceptors (Lipinski definition) is 5. The van der Waals surface area contributed by atoms with E-state index in [1.165, 1.54) is 30.3 Å². The van der Waals surface area contributed by atoms with Crippen molar-refractivity contribution in [1.82, 2.24) is 0 Å². The van der Waals surface area contributed by atoms with E-state index < -0.39 is 36.6 Å². The lowest BCUT2D eigenvalue weighted by molar-refractivity contribution is 0.0999. The molecule has 0 fully saturated rings. The highest BCUT2D eigenvalue weighted by Crippen LogP contribution is 2.42. The summed E-state index contributed by atoms with van der Waals surface area (Å²) in [6.45, 7) is 0. The number of amides is 1.